The Morgan fingerprint density at radius 1 is 1.37 bits per heavy atom. The molecule has 0 N–H and O–H groups in total. The van der Waals surface area contributed by atoms with Crippen LogP contribution in [0.15, 0.2) is 36.4 Å². The highest BCUT2D eigenvalue weighted by atomic mass is 19.1. The second-order valence-corrected chi connectivity index (χ2v) is 4.53. The average molecular weight is 262 g/mol. The predicted octanol–water partition coefficient (Wildman–Crippen LogP) is 3.72. The molecule has 1 aromatic carbocycles. The number of hydrogen-bond donors (Lipinski definition) is 0. The first kappa shape index (κ1) is 14.0. The van der Waals surface area contributed by atoms with Crippen LogP contribution < -0.4 is 0 Å². The van der Waals surface area contributed by atoms with Gasteiger partial charge in [-0.2, -0.15) is 0 Å². The van der Waals surface area contributed by atoms with Gasteiger partial charge in [0.1, 0.15) is 5.82 Å². The number of rotatable bonds is 4. The van der Waals surface area contributed by atoms with Crippen LogP contribution in [0.25, 0.3) is 5.57 Å². The first-order chi connectivity index (χ1) is 9.22. The maximum atomic E-state index is 14.4. The largest absolute Gasteiger partial charge is 0.350 e. The van der Waals surface area contributed by atoms with Gasteiger partial charge in [0, 0.05) is 12.0 Å². The Labute approximate surface area is 113 Å². The van der Waals surface area contributed by atoms with Gasteiger partial charge >= 0.3 is 0 Å². The average Bonchev–Trinajstić information content (AvgIpc) is 2.91. The standard InChI is InChI=1S/C16H19FO2/c1-3-4-6-12(2)14-8-5-7-13(16(14)17)11-15-18-9-10-19-15/h3-8,15H,9-11H2,1-2H3. The fourth-order valence-corrected chi connectivity index (χ4v) is 2.08. The van der Waals surface area contributed by atoms with Crippen molar-refractivity contribution in [3.8, 4) is 0 Å². The lowest BCUT2D eigenvalue weighted by Gasteiger charge is -2.12. The van der Waals surface area contributed by atoms with Gasteiger partial charge in [0.15, 0.2) is 6.29 Å². The van der Waals surface area contributed by atoms with Gasteiger partial charge in [0.25, 0.3) is 0 Å². The predicted molar refractivity (Wildman–Crippen MR) is 74.3 cm³/mol. The minimum Gasteiger partial charge on any atom is -0.350 e. The molecule has 0 unspecified atom stereocenters. The Bertz CT molecular complexity index is 486. The SMILES string of the molecule is CC=CC=C(C)c1cccc(CC2OCCO2)c1F. The van der Waals surface area contributed by atoms with Gasteiger partial charge in [0.05, 0.1) is 13.2 Å². The number of ether oxygens (including phenoxy) is 2. The van der Waals surface area contributed by atoms with Crippen LogP contribution in [0.3, 0.4) is 0 Å². The van der Waals surface area contributed by atoms with Crippen molar-refractivity contribution in [2.75, 3.05) is 13.2 Å². The molecule has 19 heavy (non-hydrogen) atoms. The van der Waals surface area contributed by atoms with E-state index >= 15 is 0 Å². The summed E-state index contributed by atoms with van der Waals surface area (Å²) in [7, 11) is 0. The summed E-state index contributed by atoms with van der Waals surface area (Å²) >= 11 is 0. The van der Waals surface area contributed by atoms with Crippen molar-refractivity contribution in [1.29, 1.82) is 0 Å². The summed E-state index contributed by atoms with van der Waals surface area (Å²) in [5.41, 5.74) is 2.18. The fourth-order valence-electron chi connectivity index (χ4n) is 2.08. The van der Waals surface area contributed by atoms with E-state index in [1.54, 1.807) is 12.1 Å². The summed E-state index contributed by atoms with van der Waals surface area (Å²) in [6.45, 7) is 5.02. The van der Waals surface area contributed by atoms with Gasteiger partial charge < -0.3 is 9.47 Å². The Balaban J connectivity index is 2.21. The first-order valence-corrected chi connectivity index (χ1v) is 6.53. The van der Waals surface area contributed by atoms with Gasteiger partial charge in [-0.25, -0.2) is 4.39 Å². The summed E-state index contributed by atoms with van der Waals surface area (Å²) in [6.07, 6.45) is 5.88. The van der Waals surface area contributed by atoms with Crippen LogP contribution in [-0.2, 0) is 15.9 Å². The van der Waals surface area contributed by atoms with Crippen molar-refractivity contribution in [2.45, 2.75) is 26.6 Å². The van der Waals surface area contributed by atoms with Crippen LogP contribution in [0.4, 0.5) is 4.39 Å². The van der Waals surface area contributed by atoms with Crippen molar-refractivity contribution < 1.29 is 13.9 Å². The molecule has 1 fully saturated rings. The highest BCUT2D eigenvalue weighted by Gasteiger charge is 2.19. The summed E-state index contributed by atoms with van der Waals surface area (Å²) < 4.78 is 25.2. The molecule has 1 aliphatic rings. The van der Waals surface area contributed by atoms with Crippen LogP contribution in [0.2, 0.25) is 0 Å². The zero-order valence-electron chi connectivity index (χ0n) is 11.4. The lowest BCUT2D eigenvalue weighted by molar-refractivity contribution is -0.0405. The quantitative estimate of drug-likeness (QED) is 0.770. The number of benzene rings is 1. The summed E-state index contributed by atoms with van der Waals surface area (Å²) in [5.74, 6) is -0.181. The van der Waals surface area contributed by atoms with E-state index in [9.17, 15) is 4.39 Å². The highest BCUT2D eigenvalue weighted by molar-refractivity contribution is 5.66. The van der Waals surface area contributed by atoms with Crippen molar-refractivity contribution in [3.63, 3.8) is 0 Å². The minimum atomic E-state index is -0.315. The maximum Gasteiger partial charge on any atom is 0.161 e. The molecule has 102 valence electrons. The maximum absolute atomic E-state index is 14.4. The number of hydrogen-bond acceptors (Lipinski definition) is 2. The third-order valence-corrected chi connectivity index (χ3v) is 3.12. The van der Waals surface area contributed by atoms with Crippen LogP contribution in [-0.4, -0.2) is 19.5 Å². The zero-order chi connectivity index (χ0) is 13.7. The summed E-state index contributed by atoms with van der Waals surface area (Å²) in [6, 6.07) is 5.45. The van der Waals surface area contributed by atoms with Gasteiger partial charge in [-0.05, 0) is 25.0 Å². The molecule has 0 amide bonds. The molecule has 1 aliphatic heterocycles. The van der Waals surface area contributed by atoms with E-state index in [0.29, 0.717) is 30.8 Å². The van der Waals surface area contributed by atoms with E-state index in [1.807, 2.05) is 38.1 Å². The minimum absolute atomic E-state index is 0.181. The van der Waals surface area contributed by atoms with E-state index in [0.717, 1.165) is 5.57 Å². The second-order valence-electron chi connectivity index (χ2n) is 4.53. The Morgan fingerprint density at radius 2 is 2.11 bits per heavy atom. The molecule has 1 saturated heterocycles. The molecule has 0 aromatic heterocycles. The molecule has 0 saturated carbocycles. The molecular formula is C16H19FO2. The molecule has 0 atom stereocenters. The van der Waals surface area contributed by atoms with Crippen molar-refractivity contribution in [2.24, 2.45) is 0 Å². The van der Waals surface area contributed by atoms with E-state index in [1.165, 1.54) is 0 Å². The molecule has 0 aliphatic carbocycles. The van der Waals surface area contributed by atoms with Gasteiger partial charge in [-0.1, -0.05) is 36.4 Å². The molecule has 0 radical (unpaired) electrons. The third-order valence-electron chi connectivity index (χ3n) is 3.12. The lowest BCUT2D eigenvalue weighted by Crippen LogP contribution is -2.12. The lowest BCUT2D eigenvalue weighted by atomic mass is 10.0. The molecule has 1 aromatic rings. The van der Waals surface area contributed by atoms with E-state index < -0.39 is 0 Å². The van der Waals surface area contributed by atoms with Crippen molar-refractivity contribution >= 4 is 5.57 Å². The van der Waals surface area contributed by atoms with Crippen LogP contribution in [0, 0.1) is 5.82 Å². The second kappa shape index (κ2) is 6.64. The van der Waals surface area contributed by atoms with E-state index in [4.69, 9.17) is 9.47 Å². The molecule has 3 heteroatoms. The van der Waals surface area contributed by atoms with Crippen LogP contribution >= 0.6 is 0 Å². The molecule has 2 nitrogen and oxygen atoms in total. The Kier molecular flexibility index (Phi) is 4.88. The molecule has 1 heterocycles. The normalized spacial score (nSPS) is 17.5. The molecule has 0 bridgehead atoms. The number of halogens is 1. The molecule has 2 rings (SSSR count). The first-order valence-electron chi connectivity index (χ1n) is 6.53. The molecular weight excluding hydrogens is 243 g/mol. The Hall–Kier alpha value is -1.45. The summed E-state index contributed by atoms with van der Waals surface area (Å²) in [5, 5.41) is 0. The topological polar surface area (TPSA) is 18.5 Å². The summed E-state index contributed by atoms with van der Waals surface area (Å²) in [4.78, 5) is 0. The zero-order valence-corrected chi connectivity index (χ0v) is 11.4. The van der Waals surface area contributed by atoms with Gasteiger partial charge in [-0.3, -0.25) is 0 Å². The highest BCUT2D eigenvalue weighted by Crippen LogP contribution is 2.23. The van der Waals surface area contributed by atoms with Crippen molar-refractivity contribution in [3.05, 3.63) is 53.4 Å². The van der Waals surface area contributed by atoms with E-state index in [2.05, 4.69) is 0 Å². The van der Waals surface area contributed by atoms with Crippen molar-refractivity contribution in [1.82, 2.24) is 0 Å². The Morgan fingerprint density at radius 3 is 2.79 bits per heavy atom. The third kappa shape index (κ3) is 3.52. The van der Waals surface area contributed by atoms with Crippen LogP contribution in [0.1, 0.15) is 25.0 Å². The number of allylic oxidation sites excluding steroid dienone is 4. The van der Waals surface area contributed by atoms with Crippen LogP contribution in [0.5, 0.6) is 0 Å². The molecule has 0 spiro atoms. The fraction of sp³-hybridized carbons (Fsp3) is 0.375. The van der Waals surface area contributed by atoms with Gasteiger partial charge in [-0.15, -0.1) is 0 Å². The smallest absolute Gasteiger partial charge is 0.161 e. The van der Waals surface area contributed by atoms with E-state index in [-0.39, 0.29) is 12.1 Å². The van der Waals surface area contributed by atoms with Gasteiger partial charge in [0.2, 0.25) is 0 Å². The monoisotopic (exact) mass is 262 g/mol.